The molecule has 1 atom stereocenters. The Balaban J connectivity index is 0.00000364. The van der Waals surface area contributed by atoms with Gasteiger partial charge in [0.25, 0.3) is 0 Å². The summed E-state index contributed by atoms with van der Waals surface area (Å²) in [7, 11) is -3.13. The van der Waals surface area contributed by atoms with Gasteiger partial charge in [0.2, 0.25) is 10.0 Å². The minimum atomic E-state index is -3.13. The van der Waals surface area contributed by atoms with E-state index in [1.807, 2.05) is 25.7 Å². The standard InChI is InChI=1S/C16H31N5O4S.HI/c1-16(2,3)25-15(22)20-9-7-19(8-10-20)14(17)18-11-13-5-6-21(12-13)26(4,23)24;/h13H,5-12H2,1-4H3,(H2,17,18);1H. The van der Waals surface area contributed by atoms with E-state index < -0.39 is 15.6 Å². The molecule has 0 saturated carbocycles. The highest BCUT2D eigenvalue weighted by atomic mass is 127. The molecule has 27 heavy (non-hydrogen) atoms. The number of halogens is 1. The second kappa shape index (κ2) is 9.59. The topological polar surface area (TPSA) is 109 Å². The number of amides is 1. The van der Waals surface area contributed by atoms with Gasteiger partial charge in [-0.2, -0.15) is 0 Å². The lowest BCUT2D eigenvalue weighted by Crippen LogP contribution is -2.53. The fourth-order valence-corrected chi connectivity index (χ4v) is 3.93. The monoisotopic (exact) mass is 517 g/mol. The van der Waals surface area contributed by atoms with E-state index in [2.05, 4.69) is 4.99 Å². The zero-order valence-corrected chi connectivity index (χ0v) is 19.7. The summed E-state index contributed by atoms with van der Waals surface area (Å²) < 4.78 is 30.0. The van der Waals surface area contributed by atoms with Crippen LogP contribution in [0.2, 0.25) is 0 Å². The number of nitrogens with two attached hydrogens (primary N) is 1. The number of guanidine groups is 1. The average Bonchev–Trinajstić information content (AvgIpc) is 3.00. The Hall–Kier alpha value is -0.820. The zero-order valence-electron chi connectivity index (χ0n) is 16.5. The fraction of sp³-hybridized carbons (Fsp3) is 0.875. The summed E-state index contributed by atoms with van der Waals surface area (Å²) in [6.07, 6.45) is 1.73. The molecule has 2 aliphatic heterocycles. The third-order valence-corrected chi connectivity index (χ3v) is 5.75. The van der Waals surface area contributed by atoms with Crippen molar-refractivity contribution in [2.75, 3.05) is 52.1 Å². The van der Waals surface area contributed by atoms with Crippen molar-refractivity contribution in [3.8, 4) is 0 Å². The summed E-state index contributed by atoms with van der Waals surface area (Å²) in [6, 6.07) is 0. The molecular weight excluding hydrogens is 485 g/mol. The number of carbonyl (C=O) groups is 1. The smallest absolute Gasteiger partial charge is 0.410 e. The molecule has 1 amide bonds. The molecule has 158 valence electrons. The summed E-state index contributed by atoms with van der Waals surface area (Å²) >= 11 is 0. The Morgan fingerprint density at radius 1 is 1.15 bits per heavy atom. The largest absolute Gasteiger partial charge is 0.444 e. The Morgan fingerprint density at radius 3 is 2.19 bits per heavy atom. The normalized spacial score (nSPS) is 22.5. The van der Waals surface area contributed by atoms with E-state index in [1.165, 1.54) is 10.6 Å². The van der Waals surface area contributed by atoms with E-state index in [0.29, 0.717) is 51.8 Å². The first-order valence-electron chi connectivity index (χ1n) is 8.93. The maximum Gasteiger partial charge on any atom is 0.410 e. The summed E-state index contributed by atoms with van der Waals surface area (Å²) in [4.78, 5) is 20.1. The van der Waals surface area contributed by atoms with E-state index in [4.69, 9.17) is 10.5 Å². The first kappa shape index (κ1) is 24.2. The SMILES string of the molecule is CC(C)(C)OC(=O)N1CCN(C(N)=NCC2CCN(S(C)(=O)=O)C2)CC1.I. The number of piperazine rings is 1. The summed E-state index contributed by atoms with van der Waals surface area (Å²) in [5.74, 6) is 0.651. The number of nitrogens with zero attached hydrogens (tertiary/aromatic N) is 4. The van der Waals surface area contributed by atoms with Crippen molar-refractivity contribution < 1.29 is 17.9 Å². The summed E-state index contributed by atoms with van der Waals surface area (Å²) in [5.41, 5.74) is 5.58. The van der Waals surface area contributed by atoms with Crippen LogP contribution in [0.25, 0.3) is 0 Å². The first-order chi connectivity index (χ1) is 12.0. The Kier molecular flexibility index (Phi) is 8.60. The van der Waals surface area contributed by atoms with Gasteiger partial charge in [0.1, 0.15) is 5.60 Å². The average molecular weight is 517 g/mol. The van der Waals surface area contributed by atoms with Gasteiger partial charge in [-0.25, -0.2) is 17.5 Å². The number of carbonyl (C=O) groups excluding carboxylic acids is 1. The first-order valence-corrected chi connectivity index (χ1v) is 10.8. The van der Waals surface area contributed by atoms with Gasteiger partial charge in [-0.3, -0.25) is 4.99 Å². The molecule has 9 nitrogen and oxygen atoms in total. The maximum atomic E-state index is 12.1. The number of sulfonamides is 1. The van der Waals surface area contributed by atoms with Crippen molar-refractivity contribution >= 4 is 46.1 Å². The van der Waals surface area contributed by atoms with Crippen LogP contribution in [0, 0.1) is 5.92 Å². The third kappa shape index (κ3) is 7.60. The molecule has 2 aliphatic rings. The molecule has 0 aromatic heterocycles. The molecule has 0 aromatic carbocycles. The fourth-order valence-electron chi connectivity index (χ4n) is 3.01. The summed E-state index contributed by atoms with van der Waals surface area (Å²) in [6.45, 7) is 9.40. The van der Waals surface area contributed by atoms with Crippen LogP contribution in [0.5, 0.6) is 0 Å². The van der Waals surface area contributed by atoms with Crippen molar-refractivity contribution in [2.45, 2.75) is 32.8 Å². The number of ether oxygens (including phenoxy) is 1. The number of hydrogen-bond acceptors (Lipinski definition) is 5. The molecule has 1 unspecified atom stereocenters. The van der Waals surface area contributed by atoms with Gasteiger partial charge in [-0.05, 0) is 33.1 Å². The molecule has 0 radical (unpaired) electrons. The second-order valence-corrected chi connectivity index (χ2v) is 9.91. The molecular formula is C16H32IN5O4S. The van der Waals surface area contributed by atoms with Crippen LogP contribution in [0.4, 0.5) is 4.79 Å². The maximum absolute atomic E-state index is 12.1. The Bertz CT molecular complexity index is 642. The van der Waals surface area contributed by atoms with Crippen LogP contribution in [0.15, 0.2) is 4.99 Å². The van der Waals surface area contributed by atoms with Crippen molar-refractivity contribution in [3.05, 3.63) is 0 Å². The van der Waals surface area contributed by atoms with Crippen LogP contribution >= 0.6 is 24.0 Å². The Morgan fingerprint density at radius 2 is 1.70 bits per heavy atom. The van der Waals surface area contributed by atoms with E-state index in [9.17, 15) is 13.2 Å². The van der Waals surface area contributed by atoms with Gasteiger partial charge >= 0.3 is 6.09 Å². The highest BCUT2D eigenvalue weighted by Crippen LogP contribution is 2.19. The van der Waals surface area contributed by atoms with Crippen LogP contribution < -0.4 is 5.73 Å². The predicted octanol–water partition coefficient (Wildman–Crippen LogP) is 0.753. The van der Waals surface area contributed by atoms with E-state index in [0.717, 1.165) is 6.42 Å². The van der Waals surface area contributed by atoms with Gasteiger partial charge in [-0.1, -0.05) is 0 Å². The lowest BCUT2D eigenvalue weighted by atomic mass is 10.1. The molecule has 2 fully saturated rings. The van der Waals surface area contributed by atoms with Crippen LogP contribution in [-0.4, -0.2) is 92.2 Å². The molecule has 11 heteroatoms. The number of hydrogen-bond donors (Lipinski definition) is 1. The highest BCUT2D eigenvalue weighted by Gasteiger charge is 2.29. The third-order valence-electron chi connectivity index (χ3n) is 4.48. The van der Waals surface area contributed by atoms with Crippen molar-refractivity contribution in [1.82, 2.24) is 14.1 Å². The summed E-state index contributed by atoms with van der Waals surface area (Å²) in [5, 5.41) is 0. The highest BCUT2D eigenvalue weighted by molar-refractivity contribution is 14.0. The molecule has 0 aliphatic carbocycles. The number of aliphatic imine (C=N–C) groups is 1. The van der Waals surface area contributed by atoms with Crippen molar-refractivity contribution in [2.24, 2.45) is 16.6 Å². The van der Waals surface area contributed by atoms with E-state index in [1.54, 1.807) is 4.90 Å². The molecule has 2 rings (SSSR count). The van der Waals surface area contributed by atoms with Crippen LogP contribution in [0.3, 0.4) is 0 Å². The van der Waals surface area contributed by atoms with Gasteiger partial charge < -0.3 is 20.3 Å². The van der Waals surface area contributed by atoms with Crippen molar-refractivity contribution in [3.63, 3.8) is 0 Å². The van der Waals surface area contributed by atoms with E-state index in [-0.39, 0.29) is 36.0 Å². The molecule has 2 N–H and O–H groups in total. The van der Waals surface area contributed by atoms with Gasteiger partial charge in [-0.15, -0.1) is 24.0 Å². The minimum absolute atomic E-state index is 0. The van der Waals surface area contributed by atoms with Crippen molar-refractivity contribution in [1.29, 1.82) is 0 Å². The lowest BCUT2D eigenvalue weighted by Gasteiger charge is -2.36. The van der Waals surface area contributed by atoms with Gasteiger partial charge in [0.15, 0.2) is 5.96 Å². The van der Waals surface area contributed by atoms with Gasteiger partial charge in [0, 0.05) is 45.8 Å². The van der Waals surface area contributed by atoms with E-state index >= 15 is 0 Å². The van der Waals surface area contributed by atoms with Crippen LogP contribution in [-0.2, 0) is 14.8 Å². The molecule has 0 bridgehead atoms. The zero-order chi connectivity index (χ0) is 19.5. The minimum Gasteiger partial charge on any atom is -0.444 e. The van der Waals surface area contributed by atoms with Crippen LogP contribution in [0.1, 0.15) is 27.2 Å². The van der Waals surface area contributed by atoms with Gasteiger partial charge in [0.05, 0.1) is 6.26 Å². The molecule has 0 spiro atoms. The second-order valence-electron chi connectivity index (χ2n) is 7.93. The number of rotatable bonds is 3. The predicted molar refractivity (Wildman–Crippen MR) is 116 cm³/mol. The molecule has 0 aromatic rings. The molecule has 2 saturated heterocycles. The Labute approximate surface area is 179 Å². The lowest BCUT2D eigenvalue weighted by molar-refractivity contribution is 0.0186. The quantitative estimate of drug-likeness (QED) is 0.337. The molecule has 2 heterocycles.